The number of rotatable bonds is 4. The van der Waals surface area contributed by atoms with Crippen molar-refractivity contribution in [2.24, 2.45) is 0 Å². The van der Waals surface area contributed by atoms with Gasteiger partial charge in [-0.2, -0.15) is 13.2 Å². The van der Waals surface area contributed by atoms with E-state index in [0.717, 1.165) is 12.1 Å². The van der Waals surface area contributed by atoms with Crippen LogP contribution in [0.1, 0.15) is 11.3 Å². The lowest BCUT2D eigenvalue weighted by Crippen LogP contribution is -2.27. The number of aromatic nitrogens is 1. The quantitative estimate of drug-likeness (QED) is 0.818. The Bertz CT molecular complexity index is 856. The van der Waals surface area contributed by atoms with Gasteiger partial charge in [0.25, 0.3) is 0 Å². The van der Waals surface area contributed by atoms with E-state index in [9.17, 15) is 22.8 Å². The first-order chi connectivity index (χ1) is 12.2. The Morgan fingerprint density at radius 3 is 2.85 bits per heavy atom. The van der Waals surface area contributed by atoms with Crippen molar-refractivity contribution in [3.63, 3.8) is 0 Å². The standard InChI is InChI=1S/C15H12ClF3N4O2S/c16-11-2-1-8(5-10(11)15(17,18)19)21-12(24)6-9-7-26-14(22-9)23-4-3-20-13(23)25/h1-2,5,7H,3-4,6H2,(H,20,25)(H,21,24). The molecular formula is C15H12ClF3N4O2S. The molecule has 1 aliphatic rings. The minimum absolute atomic E-state index is 0.0129. The van der Waals surface area contributed by atoms with Crippen LogP contribution in [0.25, 0.3) is 0 Å². The van der Waals surface area contributed by atoms with Crippen LogP contribution in [0.5, 0.6) is 0 Å². The van der Waals surface area contributed by atoms with E-state index < -0.39 is 22.7 Å². The third kappa shape index (κ3) is 4.07. The number of amides is 3. The number of carbonyl (C=O) groups excluding carboxylic acids is 2. The van der Waals surface area contributed by atoms with Gasteiger partial charge >= 0.3 is 12.2 Å². The third-order valence-corrected chi connectivity index (χ3v) is 4.77. The Kier molecular flexibility index (Phi) is 5.05. The second kappa shape index (κ2) is 7.12. The van der Waals surface area contributed by atoms with Gasteiger partial charge in [-0.1, -0.05) is 11.6 Å². The zero-order valence-corrected chi connectivity index (χ0v) is 14.6. The molecule has 1 aromatic carbocycles. The second-order valence-electron chi connectivity index (χ2n) is 5.42. The van der Waals surface area contributed by atoms with Gasteiger partial charge in [0.05, 0.1) is 22.7 Å². The summed E-state index contributed by atoms with van der Waals surface area (Å²) in [5.41, 5.74) is -0.610. The number of thiazole rings is 1. The molecule has 3 rings (SSSR count). The fourth-order valence-corrected chi connectivity index (χ4v) is 3.42. The maximum absolute atomic E-state index is 12.9. The Morgan fingerprint density at radius 1 is 1.42 bits per heavy atom. The summed E-state index contributed by atoms with van der Waals surface area (Å²) in [6, 6.07) is 2.89. The predicted octanol–water partition coefficient (Wildman–Crippen LogP) is 3.53. The molecule has 138 valence electrons. The zero-order valence-electron chi connectivity index (χ0n) is 13.1. The van der Waals surface area contributed by atoms with Gasteiger partial charge in [-0.25, -0.2) is 9.78 Å². The summed E-state index contributed by atoms with van der Waals surface area (Å²) in [6.07, 6.45) is -4.74. The van der Waals surface area contributed by atoms with E-state index in [1.807, 2.05) is 0 Å². The van der Waals surface area contributed by atoms with Crippen molar-refractivity contribution in [2.75, 3.05) is 23.3 Å². The molecule has 26 heavy (non-hydrogen) atoms. The summed E-state index contributed by atoms with van der Waals surface area (Å²) < 4.78 is 38.6. The van der Waals surface area contributed by atoms with Gasteiger partial charge in [-0.3, -0.25) is 9.69 Å². The second-order valence-corrected chi connectivity index (χ2v) is 6.67. The van der Waals surface area contributed by atoms with Gasteiger partial charge in [0, 0.05) is 24.2 Å². The van der Waals surface area contributed by atoms with Crippen LogP contribution in [0.15, 0.2) is 23.6 Å². The van der Waals surface area contributed by atoms with E-state index in [4.69, 9.17) is 11.6 Å². The summed E-state index contributed by atoms with van der Waals surface area (Å²) in [5, 5.41) is 6.69. The lowest BCUT2D eigenvalue weighted by atomic mass is 10.2. The van der Waals surface area contributed by atoms with E-state index >= 15 is 0 Å². The molecule has 3 amide bonds. The van der Waals surface area contributed by atoms with E-state index in [-0.39, 0.29) is 18.1 Å². The lowest BCUT2D eigenvalue weighted by molar-refractivity contribution is -0.137. The molecule has 2 N–H and O–H groups in total. The lowest BCUT2D eigenvalue weighted by Gasteiger charge is -2.11. The van der Waals surface area contributed by atoms with Crippen LogP contribution in [-0.2, 0) is 17.4 Å². The molecule has 1 aliphatic heterocycles. The number of urea groups is 1. The number of hydrogen-bond acceptors (Lipinski definition) is 4. The molecular weight excluding hydrogens is 393 g/mol. The molecule has 1 saturated heterocycles. The average molecular weight is 405 g/mol. The summed E-state index contributed by atoms with van der Waals surface area (Å²) in [7, 11) is 0. The molecule has 0 saturated carbocycles. The van der Waals surface area contributed by atoms with Crippen molar-refractivity contribution in [3.8, 4) is 0 Å². The van der Waals surface area contributed by atoms with Gasteiger partial charge in [0.15, 0.2) is 5.13 Å². The summed E-state index contributed by atoms with van der Waals surface area (Å²) in [4.78, 5) is 29.3. The molecule has 2 heterocycles. The Balaban J connectivity index is 1.66. The highest BCUT2D eigenvalue weighted by atomic mass is 35.5. The van der Waals surface area contributed by atoms with E-state index in [1.54, 1.807) is 5.38 Å². The molecule has 1 aromatic heterocycles. The Labute approximate surface area is 155 Å². The molecule has 0 radical (unpaired) electrons. The number of hydrogen-bond donors (Lipinski definition) is 2. The smallest absolute Gasteiger partial charge is 0.336 e. The molecule has 11 heteroatoms. The Hall–Kier alpha value is -2.33. The van der Waals surface area contributed by atoms with Crippen molar-refractivity contribution in [2.45, 2.75) is 12.6 Å². The molecule has 0 aliphatic carbocycles. The Morgan fingerprint density at radius 2 is 2.19 bits per heavy atom. The van der Waals surface area contributed by atoms with Crippen molar-refractivity contribution < 1.29 is 22.8 Å². The monoisotopic (exact) mass is 404 g/mol. The molecule has 0 bridgehead atoms. The number of alkyl halides is 3. The van der Waals surface area contributed by atoms with Crippen LogP contribution in [0.2, 0.25) is 5.02 Å². The fourth-order valence-electron chi connectivity index (χ4n) is 2.35. The van der Waals surface area contributed by atoms with Gasteiger partial charge in [0.1, 0.15) is 0 Å². The third-order valence-electron chi connectivity index (χ3n) is 3.52. The number of nitrogens with one attached hydrogen (secondary N) is 2. The van der Waals surface area contributed by atoms with Crippen molar-refractivity contribution in [3.05, 3.63) is 39.9 Å². The van der Waals surface area contributed by atoms with Gasteiger partial charge in [-0.15, -0.1) is 11.3 Å². The van der Waals surface area contributed by atoms with Crippen LogP contribution >= 0.6 is 22.9 Å². The topological polar surface area (TPSA) is 74.3 Å². The van der Waals surface area contributed by atoms with E-state index in [0.29, 0.717) is 23.9 Å². The minimum atomic E-state index is -4.61. The predicted molar refractivity (Wildman–Crippen MR) is 91.6 cm³/mol. The number of carbonyl (C=O) groups is 2. The van der Waals surface area contributed by atoms with Gasteiger partial charge in [0.2, 0.25) is 5.91 Å². The van der Waals surface area contributed by atoms with Crippen molar-refractivity contribution in [1.82, 2.24) is 10.3 Å². The van der Waals surface area contributed by atoms with Crippen LogP contribution in [0.3, 0.4) is 0 Å². The molecule has 0 unspecified atom stereocenters. The van der Waals surface area contributed by atoms with E-state index in [1.165, 1.54) is 22.3 Å². The molecule has 2 aromatic rings. The van der Waals surface area contributed by atoms with Crippen molar-refractivity contribution in [1.29, 1.82) is 0 Å². The highest BCUT2D eigenvalue weighted by Crippen LogP contribution is 2.36. The van der Waals surface area contributed by atoms with Gasteiger partial charge < -0.3 is 10.6 Å². The maximum Gasteiger partial charge on any atom is 0.417 e. The highest BCUT2D eigenvalue weighted by molar-refractivity contribution is 7.14. The molecule has 6 nitrogen and oxygen atoms in total. The fraction of sp³-hybridized carbons (Fsp3) is 0.267. The van der Waals surface area contributed by atoms with Crippen LogP contribution in [0.4, 0.5) is 28.8 Å². The zero-order chi connectivity index (χ0) is 18.9. The number of nitrogens with zero attached hydrogens (tertiary/aromatic N) is 2. The number of benzene rings is 1. The molecule has 0 atom stereocenters. The number of halogens is 4. The summed E-state index contributed by atoms with van der Waals surface area (Å²) in [5.74, 6) is -0.525. The highest BCUT2D eigenvalue weighted by Gasteiger charge is 2.33. The van der Waals surface area contributed by atoms with Crippen molar-refractivity contribution >= 4 is 45.7 Å². The maximum atomic E-state index is 12.9. The first-order valence-corrected chi connectivity index (χ1v) is 8.66. The minimum Gasteiger partial charge on any atom is -0.336 e. The normalized spacial score (nSPS) is 14.5. The summed E-state index contributed by atoms with van der Waals surface area (Å²) in [6.45, 7) is 1.01. The van der Waals surface area contributed by atoms with Gasteiger partial charge in [-0.05, 0) is 18.2 Å². The van der Waals surface area contributed by atoms with Crippen LogP contribution in [0, 0.1) is 0 Å². The molecule has 1 fully saturated rings. The number of anilines is 2. The van der Waals surface area contributed by atoms with Crippen LogP contribution in [-0.4, -0.2) is 30.0 Å². The average Bonchev–Trinajstić information content (AvgIpc) is 3.16. The van der Waals surface area contributed by atoms with Crippen LogP contribution < -0.4 is 15.5 Å². The molecule has 0 spiro atoms. The SMILES string of the molecule is O=C(Cc1csc(N2CCNC2=O)n1)Nc1ccc(Cl)c(C(F)(F)F)c1. The first-order valence-electron chi connectivity index (χ1n) is 7.40. The van der Waals surface area contributed by atoms with E-state index in [2.05, 4.69) is 15.6 Å². The first kappa shape index (κ1) is 18.5. The largest absolute Gasteiger partial charge is 0.417 e. The summed E-state index contributed by atoms with van der Waals surface area (Å²) >= 11 is 6.76.